The summed E-state index contributed by atoms with van der Waals surface area (Å²) in [7, 11) is 0. The van der Waals surface area contributed by atoms with Crippen LogP contribution < -0.4 is 0 Å². The molecule has 0 aromatic heterocycles. The molecule has 0 N–H and O–H groups in total. The highest BCUT2D eigenvalue weighted by atomic mass is 32.1. The summed E-state index contributed by atoms with van der Waals surface area (Å²) >= 11 is 7.23. The van der Waals surface area contributed by atoms with E-state index in [2.05, 4.69) is 48.9 Å². The quantitative estimate of drug-likeness (QED) is 0.317. The Bertz CT molecular complexity index is 257. The van der Waals surface area contributed by atoms with Gasteiger partial charge in [0.2, 0.25) is 0 Å². The number of unbranched alkanes of at least 4 members (excludes halogenated alkanes) is 1. The summed E-state index contributed by atoms with van der Waals surface area (Å²) in [6.45, 7) is 7.28. The Balaban J connectivity index is 3.82. The van der Waals surface area contributed by atoms with Crippen molar-refractivity contribution in [3.05, 3.63) is 0 Å². The molecule has 0 unspecified atom stereocenters. The second kappa shape index (κ2) is 8.17. The van der Waals surface area contributed by atoms with Gasteiger partial charge in [0.05, 0.1) is 0 Å². The normalized spacial score (nSPS) is 9.38. The highest BCUT2D eigenvalue weighted by molar-refractivity contribution is 7.96. The largest absolute Gasteiger partial charge is 0.298 e. The van der Waals surface area contributed by atoms with E-state index >= 15 is 0 Å². The SMILES string of the molecule is C=NN(CCCCN(N=C)C(=O)S)C(=O)S. The van der Waals surface area contributed by atoms with Crippen molar-refractivity contribution in [1.29, 1.82) is 0 Å². The second-order valence-electron chi connectivity index (χ2n) is 2.80. The number of hydrazone groups is 2. The van der Waals surface area contributed by atoms with Gasteiger partial charge in [-0.3, -0.25) is 9.59 Å². The van der Waals surface area contributed by atoms with Crippen molar-refractivity contribution >= 4 is 49.2 Å². The first-order valence-corrected chi connectivity index (χ1v) is 5.36. The van der Waals surface area contributed by atoms with Crippen LogP contribution in [0.3, 0.4) is 0 Å². The van der Waals surface area contributed by atoms with Gasteiger partial charge in [0.1, 0.15) is 0 Å². The molecule has 90 valence electrons. The first-order valence-electron chi connectivity index (χ1n) is 4.47. The van der Waals surface area contributed by atoms with Gasteiger partial charge in [0, 0.05) is 26.5 Å². The molecule has 0 spiro atoms. The van der Waals surface area contributed by atoms with E-state index in [9.17, 15) is 9.59 Å². The van der Waals surface area contributed by atoms with E-state index in [0.29, 0.717) is 25.9 Å². The minimum atomic E-state index is -0.459. The molecule has 0 saturated carbocycles. The first kappa shape index (κ1) is 15.0. The third-order valence-electron chi connectivity index (χ3n) is 1.77. The third kappa shape index (κ3) is 5.76. The van der Waals surface area contributed by atoms with Crippen LogP contribution in [0.4, 0.5) is 9.59 Å². The van der Waals surface area contributed by atoms with Crippen LogP contribution in [0.25, 0.3) is 0 Å². The van der Waals surface area contributed by atoms with E-state index in [1.165, 1.54) is 0 Å². The maximum absolute atomic E-state index is 10.8. The number of carbonyl (C=O) groups excluding carboxylic acids is 2. The third-order valence-corrected chi connectivity index (χ3v) is 2.23. The lowest BCUT2D eigenvalue weighted by Gasteiger charge is -2.15. The average molecular weight is 262 g/mol. The van der Waals surface area contributed by atoms with Gasteiger partial charge in [-0.2, -0.15) is 10.2 Å². The predicted molar refractivity (Wildman–Crippen MR) is 70.5 cm³/mol. The van der Waals surface area contributed by atoms with E-state index in [0.717, 1.165) is 10.0 Å². The Morgan fingerprint density at radius 1 is 0.938 bits per heavy atom. The highest BCUT2D eigenvalue weighted by Gasteiger charge is 2.08. The molecule has 0 radical (unpaired) electrons. The molecule has 0 fully saturated rings. The molecule has 2 amide bonds. The summed E-state index contributed by atoms with van der Waals surface area (Å²) in [5.74, 6) is 0. The maximum Gasteiger partial charge on any atom is 0.298 e. The molecule has 0 aromatic rings. The van der Waals surface area contributed by atoms with E-state index in [4.69, 9.17) is 0 Å². The summed E-state index contributed by atoms with van der Waals surface area (Å²) in [6.07, 6.45) is 1.30. The summed E-state index contributed by atoms with van der Waals surface area (Å²) < 4.78 is 0. The van der Waals surface area contributed by atoms with Crippen LogP contribution in [0, 0.1) is 0 Å². The van der Waals surface area contributed by atoms with E-state index in [1.54, 1.807) is 0 Å². The van der Waals surface area contributed by atoms with Crippen molar-refractivity contribution in [2.45, 2.75) is 12.8 Å². The fourth-order valence-corrected chi connectivity index (χ4v) is 1.30. The van der Waals surface area contributed by atoms with Gasteiger partial charge in [-0.05, 0) is 12.8 Å². The monoisotopic (exact) mass is 262 g/mol. The molecular weight excluding hydrogens is 248 g/mol. The first-order chi connectivity index (χ1) is 7.52. The molecule has 0 rings (SSSR count). The lowest BCUT2D eigenvalue weighted by atomic mass is 10.3. The summed E-state index contributed by atoms with van der Waals surface area (Å²) in [5.41, 5.74) is 0. The smallest absolute Gasteiger partial charge is 0.260 e. The molecule has 8 heteroatoms. The number of hydrogen-bond acceptors (Lipinski definition) is 4. The second-order valence-corrected chi connectivity index (χ2v) is 3.57. The van der Waals surface area contributed by atoms with Gasteiger partial charge < -0.3 is 0 Å². The van der Waals surface area contributed by atoms with E-state index in [-0.39, 0.29) is 0 Å². The van der Waals surface area contributed by atoms with E-state index in [1.807, 2.05) is 0 Å². The van der Waals surface area contributed by atoms with Gasteiger partial charge in [-0.1, -0.05) is 25.3 Å². The molecule has 0 saturated heterocycles. The Labute approximate surface area is 105 Å². The number of nitrogens with zero attached hydrogens (tertiary/aromatic N) is 4. The van der Waals surface area contributed by atoms with Crippen molar-refractivity contribution in [3.63, 3.8) is 0 Å². The molecule has 0 aliphatic rings. The molecule has 6 nitrogen and oxygen atoms in total. The Kier molecular flexibility index (Phi) is 7.65. The number of carbonyl (C=O) groups is 2. The predicted octanol–water partition coefficient (Wildman–Crippen LogP) is 1.70. The lowest BCUT2D eigenvalue weighted by molar-refractivity contribution is 0.218. The zero-order valence-electron chi connectivity index (χ0n) is 8.74. The molecule has 0 aliphatic carbocycles. The van der Waals surface area contributed by atoms with Crippen molar-refractivity contribution in [2.75, 3.05) is 13.1 Å². The molecular formula is C8H14N4O2S2. The van der Waals surface area contributed by atoms with Crippen LogP contribution in [0.2, 0.25) is 0 Å². The van der Waals surface area contributed by atoms with Crippen molar-refractivity contribution in [3.8, 4) is 0 Å². The van der Waals surface area contributed by atoms with Crippen LogP contribution in [0.1, 0.15) is 12.8 Å². The van der Waals surface area contributed by atoms with Gasteiger partial charge in [0.15, 0.2) is 0 Å². The zero-order chi connectivity index (χ0) is 12.6. The van der Waals surface area contributed by atoms with Crippen LogP contribution in [0.15, 0.2) is 10.2 Å². The zero-order valence-corrected chi connectivity index (χ0v) is 10.5. The number of hydrogen-bond donors (Lipinski definition) is 2. The summed E-state index contributed by atoms with van der Waals surface area (Å²) in [5, 5.41) is 8.32. The minimum absolute atomic E-state index is 0.400. The van der Waals surface area contributed by atoms with Crippen LogP contribution in [-0.4, -0.2) is 47.0 Å². The maximum atomic E-state index is 10.8. The molecule has 0 atom stereocenters. The molecule has 16 heavy (non-hydrogen) atoms. The Hall–Kier alpha value is -1.02. The summed E-state index contributed by atoms with van der Waals surface area (Å²) in [4.78, 5) is 21.6. The average Bonchev–Trinajstić information content (AvgIpc) is 2.22. The molecule has 0 aliphatic heterocycles. The lowest BCUT2D eigenvalue weighted by Crippen LogP contribution is -2.24. The van der Waals surface area contributed by atoms with Crippen LogP contribution >= 0.6 is 25.3 Å². The van der Waals surface area contributed by atoms with Crippen molar-refractivity contribution < 1.29 is 9.59 Å². The number of rotatable bonds is 7. The van der Waals surface area contributed by atoms with Gasteiger partial charge in [-0.15, -0.1) is 0 Å². The minimum Gasteiger partial charge on any atom is -0.260 e. The topological polar surface area (TPSA) is 65.3 Å². The Morgan fingerprint density at radius 2 is 1.25 bits per heavy atom. The van der Waals surface area contributed by atoms with Crippen LogP contribution in [0.5, 0.6) is 0 Å². The highest BCUT2D eigenvalue weighted by Crippen LogP contribution is 2.03. The summed E-state index contributed by atoms with van der Waals surface area (Å²) in [6, 6.07) is 0. The fourth-order valence-electron chi connectivity index (χ4n) is 0.977. The van der Waals surface area contributed by atoms with Crippen molar-refractivity contribution in [1.82, 2.24) is 10.0 Å². The van der Waals surface area contributed by atoms with Crippen molar-refractivity contribution in [2.24, 2.45) is 10.2 Å². The number of thiol groups is 2. The Morgan fingerprint density at radius 3 is 1.44 bits per heavy atom. The standard InChI is InChI=1S/C8H14N4O2S2/c1-9-11(7(13)15)5-3-4-6-12(10-2)8(14)16/h1-6H2,(H,13,15)(H,14,16). The molecule has 0 bridgehead atoms. The number of amides is 2. The van der Waals surface area contributed by atoms with Crippen LogP contribution in [-0.2, 0) is 0 Å². The van der Waals surface area contributed by atoms with Gasteiger partial charge >= 0.3 is 0 Å². The molecule has 0 heterocycles. The van der Waals surface area contributed by atoms with Gasteiger partial charge in [0.25, 0.3) is 10.5 Å². The fraction of sp³-hybridized carbons (Fsp3) is 0.500. The van der Waals surface area contributed by atoms with Gasteiger partial charge in [-0.25, -0.2) is 10.0 Å². The molecule has 0 aromatic carbocycles. The van der Waals surface area contributed by atoms with E-state index < -0.39 is 10.5 Å².